The number of nitrogens with zero attached hydrogens (tertiary/aromatic N) is 4. The molecule has 6 nitrogen and oxygen atoms in total. The Morgan fingerprint density at radius 3 is 2.65 bits per heavy atom. The molecule has 0 aliphatic carbocycles. The number of benzene rings is 1. The molecular weight excluding hydrogens is 373 g/mol. The Kier molecular flexibility index (Phi) is 5.92. The fraction of sp³-hybridized carbons (Fsp3) is 0.333. The average Bonchev–Trinajstić information content (AvgIpc) is 3.10. The van der Waals surface area contributed by atoms with Crippen molar-refractivity contribution in [2.24, 2.45) is 0 Å². The third kappa shape index (κ3) is 4.63. The molecule has 1 aliphatic rings. The van der Waals surface area contributed by atoms with Gasteiger partial charge < -0.3 is 10.2 Å². The second kappa shape index (κ2) is 8.35. The quantitative estimate of drug-likeness (QED) is 0.794. The van der Waals surface area contributed by atoms with Gasteiger partial charge in [-0.3, -0.25) is 4.79 Å². The monoisotopic (exact) mass is 389 g/mol. The van der Waals surface area contributed by atoms with Gasteiger partial charge in [-0.25, -0.2) is 0 Å². The number of halogens is 2. The standard InChI is InChI=1S/C18H17Cl2N5O/c19-18(20)13-3-1-12(2-4-13)9-17(26)22-15-7-8-25(11-15)16-6-5-14(10-21)23-24-16/h1-6,15,18H,7-9,11H2,(H,22,26)/t15-/m0/s1. The maximum absolute atomic E-state index is 12.3. The zero-order chi connectivity index (χ0) is 18.5. The first-order valence-electron chi connectivity index (χ1n) is 8.20. The third-order valence-corrected chi connectivity index (χ3v) is 4.74. The first-order chi connectivity index (χ1) is 12.5. The summed E-state index contributed by atoms with van der Waals surface area (Å²) in [7, 11) is 0. The summed E-state index contributed by atoms with van der Waals surface area (Å²) in [6.45, 7) is 1.46. The number of amides is 1. The number of rotatable bonds is 5. The lowest BCUT2D eigenvalue weighted by Gasteiger charge is -2.17. The van der Waals surface area contributed by atoms with Gasteiger partial charge in [0.25, 0.3) is 0 Å². The molecule has 1 saturated heterocycles. The van der Waals surface area contributed by atoms with Crippen LogP contribution in [-0.2, 0) is 11.2 Å². The van der Waals surface area contributed by atoms with Crippen LogP contribution in [0.25, 0.3) is 0 Å². The summed E-state index contributed by atoms with van der Waals surface area (Å²) in [5, 5.41) is 19.7. The molecule has 0 unspecified atom stereocenters. The molecule has 2 heterocycles. The molecule has 1 atom stereocenters. The van der Waals surface area contributed by atoms with E-state index in [1.807, 2.05) is 30.3 Å². The molecule has 26 heavy (non-hydrogen) atoms. The molecule has 1 aliphatic heterocycles. The molecule has 1 aromatic heterocycles. The molecule has 0 spiro atoms. The Morgan fingerprint density at radius 2 is 2.04 bits per heavy atom. The molecular formula is C18H17Cl2N5O. The molecule has 0 saturated carbocycles. The number of hydrogen-bond donors (Lipinski definition) is 1. The third-order valence-electron chi connectivity index (χ3n) is 4.24. The van der Waals surface area contributed by atoms with Crippen LogP contribution >= 0.6 is 23.2 Å². The summed E-state index contributed by atoms with van der Waals surface area (Å²) in [6.07, 6.45) is 1.15. The summed E-state index contributed by atoms with van der Waals surface area (Å²) in [5.41, 5.74) is 2.01. The van der Waals surface area contributed by atoms with Crippen molar-refractivity contribution in [3.8, 4) is 6.07 Å². The number of hydrogen-bond acceptors (Lipinski definition) is 5. The highest BCUT2D eigenvalue weighted by atomic mass is 35.5. The van der Waals surface area contributed by atoms with E-state index in [1.54, 1.807) is 12.1 Å². The number of nitrogens with one attached hydrogen (secondary N) is 1. The van der Waals surface area contributed by atoms with Crippen LogP contribution in [0.15, 0.2) is 36.4 Å². The molecule has 134 valence electrons. The largest absolute Gasteiger partial charge is 0.353 e. The van der Waals surface area contributed by atoms with Crippen molar-refractivity contribution in [1.29, 1.82) is 5.26 Å². The molecule has 8 heteroatoms. The van der Waals surface area contributed by atoms with Crippen LogP contribution in [0.3, 0.4) is 0 Å². The van der Waals surface area contributed by atoms with Crippen molar-refractivity contribution in [2.75, 3.05) is 18.0 Å². The van der Waals surface area contributed by atoms with Crippen LogP contribution < -0.4 is 10.2 Å². The summed E-state index contributed by atoms with van der Waals surface area (Å²) in [5.74, 6) is 0.692. The fourth-order valence-electron chi connectivity index (χ4n) is 2.88. The van der Waals surface area contributed by atoms with Crippen LogP contribution in [0.4, 0.5) is 5.82 Å². The van der Waals surface area contributed by atoms with Crippen LogP contribution in [-0.4, -0.2) is 35.2 Å². The highest BCUT2D eigenvalue weighted by molar-refractivity contribution is 6.44. The van der Waals surface area contributed by atoms with E-state index >= 15 is 0 Å². The summed E-state index contributed by atoms with van der Waals surface area (Å²) < 4.78 is 0. The van der Waals surface area contributed by atoms with Gasteiger partial charge in [0.15, 0.2) is 11.5 Å². The van der Waals surface area contributed by atoms with Gasteiger partial charge in [0.05, 0.1) is 6.42 Å². The summed E-state index contributed by atoms with van der Waals surface area (Å²) >= 11 is 11.6. The van der Waals surface area contributed by atoms with Gasteiger partial charge in [0.2, 0.25) is 5.91 Å². The van der Waals surface area contributed by atoms with E-state index in [2.05, 4.69) is 20.4 Å². The van der Waals surface area contributed by atoms with Crippen molar-refractivity contribution in [3.05, 3.63) is 53.2 Å². The summed E-state index contributed by atoms with van der Waals surface area (Å²) in [4.78, 5) is 13.8. The number of alkyl halides is 2. The van der Waals surface area contributed by atoms with Gasteiger partial charge in [-0.05, 0) is 29.7 Å². The van der Waals surface area contributed by atoms with E-state index in [1.165, 1.54) is 0 Å². The normalized spacial score (nSPS) is 16.5. The predicted molar refractivity (Wildman–Crippen MR) is 100 cm³/mol. The molecule has 3 rings (SSSR count). The lowest BCUT2D eigenvalue weighted by Crippen LogP contribution is -2.38. The van der Waals surface area contributed by atoms with Crippen molar-refractivity contribution in [3.63, 3.8) is 0 Å². The van der Waals surface area contributed by atoms with Crippen LogP contribution in [0.5, 0.6) is 0 Å². The van der Waals surface area contributed by atoms with Crippen LogP contribution in [0.1, 0.15) is 28.1 Å². The lowest BCUT2D eigenvalue weighted by molar-refractivity contribution is -0.121. The molecule has 1 amide bonds. The molecule has 1 N–H and O–H groups in total. The van der Waals surface area contributed by atoms with E-state index in [0.717, 1.165) is 24.1 Å². The van der Waals surface area contributed by atoms with Crippen molar-refractivity contribution < 1.29 is 4.79 Å². The first kappa shape index (κ1) is 18.4. The fourth-order valence-corrected chi connectivity index (χ4v) is 3.18. The Labute approximate surface area is 161 Å². The van der Waals surface area contributed by atoms with Gasteiger partial charge in [-0.2, -0.15) is 5.26 Å². The van der Waals surface area contributed by atoms with Crippen molar-refractivity contribution >= 4 is 34.9 Å². The minimum atomic E-state index is -0.562. The smallest absolute Gasteiger partial charge is 0.224 e. The van der Waals surface area contributed by atoms with Crippen molar-refractivity contribution in [1.82, 2.24) is 15.5 Å². The Balaban J connectivity index is 1.51. The second-order valence-electron chi connectivity index (χ2n) is 6.11. The van der Waals surface area contributed by atoms with E-state index in [9.17, 15) is 4.79 Å². The number of aromatic nitrogens is 2. The van der Waals surface area contributed by atoms with Gasteiger partial charge in [-0.1, -0.05) is 24.3 Å². The highest BCUT2D eigenvalue weighted by Crippen LogP contribution is 2.24. The van der Waals surface area contributed by atoms with Gasteiger partial charge >= 0.3 is 0 Å². The van der Waals surface area contributed by atoms with Gasteiger partial charge in [0.1, 0.15) is 10.9 Å². The minimum absolute atomic E-state index is 0.0243. The number of carbonyl (C=O) groups excluding carboxylic acids is 1. The molecule has 1 aromatic carbocycles. The summed E-state index contributed by atoms with van der Waals surface area (Å²) in [6, 6.07) is 12.8. The van der Waals surface area contributed by atoms with Crippen LogP contribution in [0.2, 0.25) is 0 Å². The number of carbonyl (C=O) groups is 1. The zero-order valence-electron chi connectivity index (χ0n) is 13.9. The lowest BCUT2D eigenvalue weighted by atomic mass is 10.1. The van der Waals surface area contributed by atoms with E-state index in [4.69, 9.17) is 28.5 Å². The predicted octanol–water partition coefficient (Wildman–Crippen LogP) is 2.76. The molecule has 1 fully saturated rings. The molecule has 0 bridgehead atoms. The topological polar surface area (TPSA) is 81.9 Å². The number of nitriles is 1. The Morgan fingerprint density at radius 1 is 1.27 bits per heavy atom. The van der Waals surface area contributed by atoms with Crippen LogP contribution in [0, 0.1) is 11.3 Å². The molecule has 0 radical (unpaired) electrons. The SMILES string of the molecule is N#Cc1ccc(N2CC[C@H](NC(=O)Cc3ccc(C(Cl)Cl)cc3)C2)nn1. The Bertz CT molecular complexity index is 802. The highest BCUT2D eigenvalue weighted by Gasteiger charge is 2.25. The van der Waals surface area contributed by atoms with E-state index in [0.29, 0.717) is 24.5 Å². The zero-order valence-corrected chi connectivity index (χ0v) is 15.4. The number of anilines is 1. The minimum Gasteiger partial charge on any atom is -0.353 e. The average molecular weight is 390 g/mol. The van der Waals surface area contributed by atoms with E-state index < -0.39 is 4.84 Å². The Hall–Kier alpha value is -2.36. The van der Waals surface area contributed by atoms with E-state index in [-0.39, 0.29) is 11.9 Å². The first-order valence-corrected chi connectivity index (χ1v) is 9.07. The van der Waals surface area contributed by atoms with Crippen molar-refractivity contribution in [2.45, 2.75) is 23.7 Å². The second-order valence-corrected chi connectivity index (χ2v) is 7.20. The van der Waals surface area contributed by atoms with Gasteiger partial charge in [-0.15, -0.1) is 33.4 Å². The maximum Gasteiger partial charge on any atom is 0.224 e. The van der Waals surface area contributed by atoms with Gasteiger partial charge in [0, 0.05) is 19.1 Å². The molecule has 2 aromatic rings. The maximum atomic E-state index is 12.3.